The number of piperazine rings is 1. The van der Waals surface area contributed by atoms with Gasteiger partial charge in [0.25, 0.3) is 11.8 Å². The number of hydrogen-bond acceptors (Lipinski definition) is 9. The van der Waals surface area contributed by atoms with E-state index in [-0.39, 0.29) is 88.2 Å². The first kappa shape index (κ1) is 46.5. The van der Waals surface area contributed by atoms with Crippen LogP contribution in [0.4, 0.5) is 28.9 Å². The summed E-state index contributed by atoms with van der Waals surface area (Å²) in [5.74, 6) is -3.18. The Bertz CT molecular complexity index is 2160. The van der Waals surface area contributed by atoms with Gasteiger partial charge >= 0.3 is 12.1 Å². The summed E-state index contributed by atoms with van der Waals surface area (Å²) in [7, 11) is 0. The number of nitrogen functional groups attached to an aromatic ring is 1. The Morgan fingerprint density at radius 3 is 2.18 bits per heavy atom. The highest BCUT2D eigenvalue weighted by molar-refractivity contribution is 6.34. The van der Waals surface area contributed by atoms with Crippen molar-refractivity contribution in [1.82, 2.24) is 30.0 Å². The van der Waals surface area contributed by atoms with Gasteiger partial charge in [-0.2, -0.15) is 18.3 Å². The first-order valence-electron chi connectivity index (χ1n) is 19.9. The van der Waals surface area contributed by atoms with Gasteiger partial charge in [0, 0.05) is 79.8 Å². The molecule has 1 aliphatic heterocycles. The highest BCUT2D eigenvalue weighted by Gasteiger charge is 2.38. The minimum absolute atomic E-state index is 0.0332. The molecule has 3 heterocycles. The number of nitrogens with zero attached hydrogens (tertiary/aromatic N) is 5. The van der Waals surface area contributed by atoms with Crippen molar-refractivity contribution in [3.63, 3.8) is 0 Å². The number of carboxylic acids is 1. The Balaban J connectivity index is 1.15. The van der Waals surface area contributed by atoms with Gasteiger partial charge in [-0.25, -0.2) is 14.2 Å². The van der Waals surface area contributed by atoms with Crippen LogP contribution in [0.5, 0.6) is 0 Å². The highest BCUT2D eigenvalue weighted by atomic mass is 35.5. The van der Waals surface area contributed by atoms with E-state index in [1.807, 2.05) is 5.10 Å². The number of unbranched alkanes of at least 4 members (excludes halogenated alkanes) is 2. The summed E-state index contributed by atoms with van der Waals surface area (Å²) >= 11 is 6.51. The zero-order valence-electron chi connectivity index (χ0n) is 33.5. The van der Waals surface area contributed by atoms with Crippen LogP contribution < -0.4 is 22.5 Å². The molecule has 1 aliphatic rings. The van der Waals surface area contributed by atoms with Crippen molar-refractivity contribution in [3.8, 4) is 11.3 Å². The molecule has 1 saturated heterocycles. The van der Waals surface area contributed by atoms with E-state index in [1.165, 1.54) is 36.5 Å². The molecular formula is C40H51ClF4N11O5+. The third-order valence-corrected chi connectivity index (χ3v) is 11.0. The Morgan fingerprint density at radius 2 is 1.57 bits per heavy atom. The van der Waals surface area contributed by atoms with Crippen LogP contribution in [0.1, 0.15) is 76.5 Å². The molecule has 16 nitrogen and oxygen atoms in total. The van der Waals surface area contributed by atoms with Crippen molar-refractivity contribution in [1.29, 1.82) is 0 Å². The molecule has 0 atom stereocenters. The zero-order chi connectivity index (χ0) is 44.3. The molecule has 0 bridgehead atoms. The number of aromatic amines is 2. The van der Waals surface area contributed by atoms with Crippen LogP contribution in [-0.2, 0) is 22.2 Å². The minimum atomic E-state index is -4.85. The first-order chi connectivity index (χ1) is 29.0. The number of aliphatic carboxylic acids is 1. The molecule has 2 aromatic heterocycles. The van der Waals surface area contributed by atoms with E-state index >= 15 is 0 Å². The average molecular weight is 877 g/mol. The maximum Gasteiger partial charge on any atom is 0.433 e. The summed E-state index contributed by atoms with van der Waals surface area (Å²) in [5, 5.41) is 18.0. The number of nitrogens with two attached hydrogens (primary N) is 3. The Hall–Kier alpha value is -5.57. The van der Waals surface area contributed by atoms with Gasteiger partial charge in [0.05, 0.1) is 35.9 Å². The Morgan fingerprint density at radius 1 is 0.918 bits per heavy atom. The van der Waals surface area contributed by atoms with Gasteiger partial charge < -0.3 is 46.9 Å². The number of imidazole rings is 1. The number of nitrogens with one attached hydrogen (secondary N) is 3. The molecule has 2 aromatic carbocycles. The minimum Gasteiger partial charge on any atom is -0.477 e. The van der Waals surface area contributed by atoms with Gasteiger partial charge in [-0.1, -0.05) is 11.6 Å². The van der Waals surface area contributed by atoms with E-state index in [2.05, 4.69) is 20.4 Å². The summed E-state index contributed by atoms with van der Waals surface area (Å²) in [6.07, 6.45) is -0.195. The number of aromatic nitrogens is 4. The van der Waals surface area contributed by atoms with Gasteiger partial charge in [-0.05, 0) is 75.2 Å². The number of carbonyl (C=O) groups excluding carboxylic acids is 3. The second-order valence-electron chi connectivity index (χ2n) is 15.1. The quantitative estimate of drug-likeness (QED) is 0.0284. The molecule has 61 heavy (non-hydrogen) atoms. The number of hydrogen-bond donors (Lipinski definition) is 7. The van der Waals surface area contributed by atoms with E-state index in [4.69, 9.17) is 28.8 Å². The molecule has 0 spiro atoms. The predicted octanol–water partition coefficient (Wildman–Crippen LogP) is 4.48. The number of H-pyrrole nitrogens is 2. The van der Waals surface area contributed by atoms with E-state index in [0.29, 0.717) is 56.7 Å². The van der Waals surface area contributed by atoms with Crippen LogP contribution in [0.15, 0.2) is 42.6 Å². The molecule has 1 fully saturated rings. The number of alkyl halides is 3. The predicted molar refractivity (Wildman–Crippen MR) is 220 cm³/mol. The van der Waals surface area contributed by atoms with Crippen LogP contribution in [0, 0.1) is 5.82 Å². The normalized spacial score (nSPS) is 13.4. The fourth-order valence-electron chi connectivity index (χ4n) is 7.53. The molecular weight excluding hydrogens is 826 g/mol. The SMILES string of the molecule is NCCCC[N+](CCCCN)(CCCC(=O)N1CCN(C(=O)c2ccc(NC(=O)c3ncc(Cc4c(-c5ccc(N)cc5F)n[nH]c4C(F)(F)F)[nH]3)cc2Cl)CC1)CC(=O)O. The van der Waals surface area contributed by atoms with Gasteiger partial charge in [0.1, 0.15) is 11.5 Å². The molecule has 3 amide bonds. The summed E-state index contributed by atoms with van der Waals surface area (Å²) in [6.45, 7) is 4.00. The summed E-state index contributed by atoms with van der Waals surface area (Å²) in [4.78, 5) is 61.6. The van der Waals surface area contributed by atoms with Crippen molar-refractivity contribution in [2.24, 2.45) is 11.5 Å². The Kier molecular flexibility index (Phi) is 15.9. The molecule has 0 aliphatic carbocycles. The second-order valence-corrected chi connectivity index (χ2v) is 15.5. The maximum absolute atomic E-state index is 14.7. The monoisotopic (exact) mass is 876 g/mol. The lowest BCUT2D eigenvalue weighted by molar-refractivity contribution is -0.922. The lowest BCUT2D eigenvalue weighted by Crippen LogP contribution is -2.54. The van der Waals surface area contributed by atoms with Crippen molar-refractivity contribution in [2.45, 2.75) is 51.1 Å². The van der Waals surface area contributed by atoms with Crippen LogP contribution >= 0.6 is 11.6 Å². The molecule has 330 valence electrons. The molecule has 21 heteroatoms. The molecule has 0 unspecified atom stereocenters. The number of anilines is 2. The fraction of sp³-hybridized carbons (Fsp3) is 0.450. The van der Waals surface area contributed by atoms with E-state index in [1.54, 1.807) is 9.80 Å². The molecule has 0 saturated carbocycles. The van der Waals surface area contributed by atoms with E-state index in [0.717, 1.165) is 31.7 Å². The topological polar surface area (TPSA) is 242 Å². The van der Waals surface area contributed by atoms with Crippen LogP contribution in [0.2, 0.25) is 5.02 Å². The number of carbonyl (C=O) groups is 4. The maximum atomic E-state index is 14.7. The number of rotatable bonds is 20. The van der Waals surface area contributed by atoms with Gasteiger partial charge in [0.2, 0.25) is 5.91 Å². The Labute approximate surface area is 354 Å². The second kappa shape index (κ2) is 20.8. The number of carboxylic acid groups (broad SMARTS) is 1. The van der Waals surface area contributed by atoms with Crippen LogP contribution in [-0.4, -0.2) is 129 Å². The van der Waals surface area contributed by atoms with Crippen molar-refractivity contribution < 1.29 is 46.3 Å². The zero-order valence-corrected chi connectivity index (χ0v) is 34.3. The molecule has 5 rings (SSSR count). The van der Waals surface area contributed by atoms with Gasteiger partial charge in [-0.3, -0.25) is 19.5 Å². The summed E-state index contributed by atoms with van der Waals surface area (Å²) in [6, 6.07) is 7.82. The summed E-state index contributed by atoms with van der Waals surface area (Å²) in [5.41, 5.74) is 15.5. The van der Waals surface area contributed by atoms with Crippen LogP contribution in [0.3, 0.4) is 0 Å². The lowest BCUT2D eigenvalue weighted by atomic mass is 10.0. The number of amides is 3. The first-order valence-corrected chi connectivity index (χ1v) is 20.3. The van der Waals surface area contributed by atoms with Crippen molar-refractivity contribution in [3.05, 3.63) is 81.8 Å². The average Bonchev–Trinajstić information content (AvgIpc) is 3.86. The third kappa shape index (κ3) is 12.3. The largest absolute Gasteiger partial charge is 0.477 e. The highest BCUT2D eigenvalue weighted by Crippen LogP contribution is 2.37. The van der Waals surface area contributed by atoms with Gasteiger partial charge in [-0.15, -0.1) is 0 Å². The standard InChI is InChI=1S/C40H50ClF4N11O5/c41-31-22-26(51-38(60)37-49-23-27(50-37)21-30-35(52-53-36(30)40(43,44)45)29-9-7-25(48)20-32(29)42)8-10-28(31)39(61)55-15-13-54(14-16-55)33(57)6-5-19-56(24-34(58)59,17-3-1-11-46)18-4-2-12-47/h7-10,20,22-23H,1-6,11-19,21,24,46-47H2,(H5-,48,49,50,51,52,53,58,59,60,61)/p+1. The summed E-state index contributed by atoms with van der Waals surface area (Å²) < 4.78 is 56.8. The van der Waals surface area contributed by atoms with E-state index < -0.39 is 36.0 Å². The molecule has 0 radical (unpaired) electrons. The van der Waals surface area contributed by atoms with Gasteiger partial charge in [0.15, 0.2) is 12.4 Å². The van der Waals surface area contributed by atoms with E-state index in [9.17, 15) is 41.8 Å². The number of quaternary nitrogens is 1. The fourth-order valence-corrected chi connectivity index (χ4v) is 7.79. The van der Waals surface area contributed by atoms with Crippen molar-refractivity contribution in [2.75, 3.05) is 76.5 Å². The van der Waals surface area contributed by atoms with Crippen LogP contribution in [0.25, 0.3) is 11.3 Å². The molecule has 10 N–H and O–H groups in total. The number of benzene rings is 2. The smallest absolute Gasteiger partial charge is 0.433 e. The molecule has 4 aromatic rings. The van der Waals surface area contributed by atoms with Crippen molar-refractivity contribution >= 4 is 46.7 Å². The third-order valence-electron chi connectivity index (χ3n) is 10.7. The lowest BCUT2D eigenvalue weighted by Gasteiger charge is -2.38. The number of halogens is 5.